The van der Waals surface area contributed by atoms with Gasteiger partial charge >= 0.3 is 0 Å². The van der Waals surface area contributed by atoms with Crippen LogP contribution >= 0.6 is 49.6 Å². The summed E-state index contributed by atoms with van der Waals surface area (Å²) in [6.07, 6.45) is 5.30. The minimum Gasteiger partial charge on any atom is -0.507 e. The molecule has 6 nitrogen and oxygen atoms in total. The molecule has 1 N–H and O–H groups in total. The molecule has 2 aromatic heterocycles. The summed E-state index contributed by atoms with van der Waals surface area (Å²) < 4.78 is 29.1. The molecule has 0 amide bonds. The molecule has 0 radical (unpaired) electrons. The van der Waals surface area contributed by atoms with Gasteiger partial charge in [0.15, 0.2) is 14.4 Å². The third-order valence-electron chi connectivity index (χ3n) is 7.87. The Hall–Kier alpha value is -1.76. The number of alkyl halides is 1. The van der Waals surface area contributed by atoms with Gasteiger partial charge in [0.2, 0.25) is 0 Å². The van der Waals surface area contributed by atoms with Gasteiger partial charge in [0.1, 0.15) is 17.7 Å². The number of anilines is 1. The van der Waals surface area contributed by atoms with E-state index < -0.39 is 14.7 Å². The molecule has 4 atom stereocenters. The smallest absolute Gasteiger partial charge is 0.185 e. The SMILES string of the molecule is CN(c1cnc(-c2ccc(-c3cc(SC(S)(S)S)ncc3F)cc2O)nn1)[C@@H]1C[C@@]2(C)CC[C@](C)(C2)[C@@H]1F. The van der Waals surface area contributed by atoms with E-state index in [2.05, 4.69) is 65.0 Å². The number of hydrogen-bond donors (Lipinski definition) is 4. The first kappa shape index (κ1) is 27.8. The summed E-state index contributed by atoms with van der Waals surface area (Å²) in [5, 5.41) is 19.7. The predicted octanol–water partition coefficient (Wildman–Crippen LogP) is 6.68. The van der Waals surface area contributed by atoms with Crippen LogP contribution in [0, 0.1) is 16.6 Å². The van der Waals surface area contributed by atoms with Crippen LogP contribution in [0.1, 0.15) is 39.5 Å². The van der Waals surface area contributed by atoms with Crippen molar-refractivity contribution in [2.75, 3.05) is 11.9 Å². The van der Waals surface area contributed by atoms with Gasteiger partial charge in [-0.2, -0.15) is 0 Å². The van der Waals surface area contributed by atoms with E-state index in [1.54, 1.807) is 24.4 Å². The Bertz CT molecular complexity index is 1360. The third kappa shape index (κ3) is 5.46. The maximum Gasteiger partial charge on any atom is 0.185 e. The number of phenols is 1. The van der Waals surface area contributed by atoms with E-state index in [0.717, 1.165) is 43.6 Å². The number of aromatic hydroxyl groups is 1. The number of benzene rings is 1. The molecule has 5 rings (SSSR count). The van der Waals surface area contributed by atoms with Crippen molar-refractivity contribution in [1.29, 1.82) is 0 Å². The summed E-state index contributed by atoms with van der Waals surface area (Å²) in [5.41, 5.74) is 0.864. The standard InChI is InChI=1S/C26H29F2N5OS4/c1-24-6-7-25(2,13-24)22(28)18(10-24)33(3)20-12-30-23(32-31-20)15-5-4-14(8-19(15)34)16-9-21(29-11-17(16)27)38-26(35,36)37/h4-5,8-9,11-12,18,22,34-37H,6-7,10,13H2,1-3H3/t18-,22-,24-,25-/m1/s1. The van der Waals surface area contributed by atoms with Crippen molar-refractivity contribution in [3.63, 3.8) is 0 Å². The van der Waals surface area contributed by atoms with Crippen molar-refractivity contribution in [1.82, 2.24) is 20.2 Å². The topological polar surface area (TPSA) is 75.0 Å². The molecule has 202 valence electrons. The quantitative estimate of drug-likeness (QED) is 0.144. The van der Waals surface area contributed by atoms with Crippen molar-refractivity contribution in [3.05, 3.63) is 42.5 Å². The Labute approximate surface area is 241 Å². The summed E-state index contributed by atoms with van der Waals surface area (Å²) in [6, 6.07) is 5.95. The zero-order chi connectivity index (χ0) is 27.5. The lowest BCUT2D eigenvalue weighted by molar-refractivity contribution is 0.0380. The minimum atomic E-state index is -0.990. The van der Waals surface area contributed by atoms with E-state index in [1.807, 2.05) is 18.9 Å². The first-order valence-electron chi connectivity index (χ1n) is 12.2. The Morgan fingerprint density at radius 1 is 1.08 bits per heavy atom. The maximum absolute atomic E-state index is 15.6. The minimum absolute atomic E-state index is 0.128. The molecular weight excluding hydrogens is 565 g/mol. The fourth-order valence-electron chi connectivity index (χ4n) is 6.00. The van der Waals surface area contributed by atoms with Crippen molar-refractivity contribution in [2.24, 2.45) is 10.8 Å². The normalized spacial score (nSPS) is 26.9. The highest BCUT2D eigenvalue weighted by Gasteiger charge is 2.56. The molecular formula is C26H29F2N5OS4. The van der Waals surface area contributed by atoms with Gasteiger partial charge in [-0.15, -0.1) is 48.1 Å². The fourth-order valence-corrected chi connectivity index (χ4v) is 7.41. The number of fused-ring (bicyclic) bond motifs is 2. The Kier molecular flexibility index (Phi) is 7.32. The van der Waals surface area contributed by atoms with Crippen molar-refractivity contribution in [2.45, 2.75) is 59.5 Å². The average Bonchev–Trinajstić information content (AvgIpc) is 3.13. The van der Waals surface area contributed by atoms with E-state index >= 15 is 4.39 Å². The molecule has 0 unspecified atom stereocenters. The van der Waals surface area contributed by atoms with Crippen molar-refractivity contribution >= 4 is 55.5 Å². The predicted molar refractivity (Wildman–Crippen MR) is 157 cm³/mol. The fraction of sp³-hybridized carbons (Fsp3) is 0.462. The van der Waals surface area contributed by atoms with E-state index in [4.69, 9.17) is 0 Å². The summed E-state index contributed by atoms with van der Waals surface area (Å²) in [7, 11) is 1.83. The van der Waals surface area contributed by atoms with Crippen LogP contribution in [0.2, 0.25) is 0 Å². The van der Waals surface area contributed by atoms with Gasteiger partial charge in [0.25, 0.3) is 0 Å². The molecule has 3 aromatic rings. The largest absolute Gasteiger partial charge is 0.507 e. The summed E-state index contributed by atoms with van der Waals surface area (Å²) in [5.74, 6) is 0.0156. The second-order valence-corrected chi connectivity index (χ2v) is 16.2. The van der Waals surface area contributed by atoms with Gasteiger partial charge in [-0.25, -0.2) is 18.7 Å². The van der Waals surface area contributed by atoms with E-state index in [0.29, 0.717) is 22.0 Å². The van der Waals surface area contributed by atoms with Gasteiger partial charge < -0.3 is 10.0 Å². The van der Waals surface area contributed by atoms with E-state index in [-0.39, 0.29) is 34.0 Å². The summed E-state index contributed by atoms with van der Waals surface area (Å²) in [6.45, 7) is 4.30. The van der Waals surface area contributed by atoms with Crippen LogP contribution in [0.15, 0.2) is 41.7 Å². The number of rotatable bonds is 6. The second-order valence-electron chi connectivity index (χ2n) is 11.0. The monoisotopic (exact) mass is 593 g/mol. The number of halogens is 2. The number of thioether (sulfide) groups is 1. The lowest BCUT2D eigenvalue weighted by Crippen LogP contribution is -2.52. The number of phenolic OH excluding ortho intramolecular Hbond substituents is 1. The molecule has 2 heterocycles. The highest BCUT2D eigenvalue weighted by atomic mass is 32.3. The molecule has 2 bridgehead atoms. The van der Waals surface area contributed by atoms with E-state index in [1.165, 1.54) is 6.07 Å². The molecule has 38 heavy (non-hydrogen) atoms. The van der Waals surface area contributed by atoms with Crippen LogP contribution in [0.4, 0.5) is 14.6 Å². The maximum atomic E-state index is 15.6. The zero-order valence-electron chi connectivity index (χ0n) is 21.1. The number of nitrogens with zero attached hydrogens (tertiary/aromatic N) is 5. The van der Waals surface area contributed by atoms with Crippen LogP contribution < -0.4 is 4.90 Å². The number of pyridine rings is 1. The number of hydrogen-bond acceptors (Lipinski definition) is 10. The van der Waals surface area contributed by atoms with Crippen LogP contribution in [0.3, 0.4) is 0 Å². The highest BCUT2D eigenvalue weighted by Crippen LogP contribution is 2.59. The summed E-state index contributed by atoms with van der Waals surface area (Å²) in [4.78, 5) is 10.3. The molecule has 12 heteroatoms. The second kappa shape index (κ2) is 10.0. The molecule has 2 saturated carbocycles. The highest BCUT2D eigenvalue weighted by molar-refractivity contribution is 8.36. The van der Waals surface area contributed by atoms with Crippen LogP contribution in [-0.4, -0.2) is 47.3 Å². The molecule has 0 spiro atoms. The van der Waals surface area contributed by atoms with Gasteiger partial charge in [-0.3, -0.25) is 0 Å². The van der Waals surface area contributed by atoms with Crippen LogP contribution in [0.5, 0.6) is 5.75 Å². The van der Waals surface area contributed by atoms with Crippen molar-refractivity contribution < 1.29 is 13.9 Å². The average molecular weight is 594 g/mol. The zero-order valence-corrected chi connectivity index (χ0v) is 24.6. The third-order valence-corrected chi connectivity index (χ3v) is 9.39. The first-order chi connectivity index (χ1) is 17.8. The Morgan fingerprint density at radius 2 is 1.84 bits per heavy atom. The van der Waals surface area contributed by atoms with Crippen LogP contribution in [0.25, 0.3) is 22.5 Å². The molecule has 0 saturated heterocycles. The summed E-state index contributed by atoms with van der Waals surface area (Å²) >= 11 is 13.8. The number of aromatic nitrogens is 4. The van der Waals surface area contributed by atoms with Gasteiger partial charge in [0, 0.05) is 18.0 Å². The Balaban J connectivity index is 1.37. The van der Waals surface area contributed by atoms with Gasteiger partial charge in [-0.1, -0.05) is 31.7 Å². The number of thiol groups is 3. The molecule has 2 fully saturated rings. The Morgan fingerprint density at radius 3 is 2.50 bits per heavy atom. The van der Waals surface area contributed by atoms with Gasteiger partial charge in [0.05, 0.1) is 29.0 Å². The molecule has 0 aliphatic heterocycles. The molecule has 1 aromatic carbocycles. The lowest BCUT2D eigenvalue weighted by Gasteiger charge is -2.46. The molecule has 2 aliphatic rings. The van der Waals surface area contributed by atoms with Gasteiger partial charge in [-0.05, 0) is 54.9 Å². The lowest BCUT2D eigenvalue weighted by atomic mass is 9.67. The van der Waals surface area contributed by atoms with E-state index in [9.17, 15) is 9.50 Å². The van der Waals surface area contributed by atoms with Crippen LogP contribution in [-0.2, 0) is 0 Å². The first-order valence-corrected chi connectivity index (χ1v) is 14.3. The van der Waals surface area contributed by atoms with Crippen molar-refractivity contribution in [3.8, 4) is 28.3 Å². The molecule has 2 aliphatic carbocycles.